The summed E-state index contributed by atoms with van der Waals surface area (Å²) in [6.45, 7) is 4.12. The van der Waals surface area contributed by atoms with Crippen molar-refractivity contribution in [2.45, 2.75) is 19.4 Å². The Morgan fingerprint density at radius 3 is 2.85 bits per heavy atom. The van der Waals surface area contributed by atoms with E-state index in [-0.39, 0.29) is 12.6 Å². The zero-order valence-electron chi connectivity index (χ0n) is 8.58. The lowest BCUT2D eigenvalue weighted by atomic mass is 10.3. The fourth-order valence-electron chi connectivity index (χ4n) is 0.892. The van der Waals surface area contributed by atoms with E-state index in [0.717, 1.165) is 31.1 Å². The lowest BCUT2D eigenvalue weighted by molar-refractivity contribution is 0.218. The van der Waals surface area contributed by atoms with Crippen LogP contribution in [0.25, 0.3) is 0 Å². The molecule has 0 fully saturated rings. The number of thioether (sulfide) groups is 1. The highest BCUT2D eigenvalue weighted by atomic mass is 32.2. The van der Waals surface area contributed by atoms with Crippen LogP contribution in [0.5, 0.6) is 0 Å². The van der Waals surface area contributed by atoms with Crippen molar-refractivity contribution in [2.75, 3.05) is 38.4 Å². The highest BCUT2D eigenvalue weighted by Gasteiger charge is 2.04. The molecule has 0 aromatic carbocycles. The Kier molecular flexibility index (Phi) is 10.5. The van der Waals surface area contributed by atoms with Crippen molar-refractivity contribution in [1.82, 2.24) is 5.32 Å². The monoisotopic (exact) mass is 207 g/mol. The van der Waals surface area contributed by atoms with Gasteiger partial charge in [-0.1, -0.05) is 6.92 Å². The Morgan fingerprint density at radius 1 is 1.54 bits per heavy atom. The largest absolute Gasteiger partial charge is 0.395 e. The lowest BCUT2D eigenvalue weighted by Gasteiger charge is -2.14. The van der Waals surface area contributed by atoms with Gasteiger partial charge in [-0.05, 0) is 13.0 Å². The van der Waals surface area contributed by atoms with E-state index in [1.165, 1.54) is 0 Å². The number of aliphatic hydroxyl groups excluding tert-OH is 1. The Labute approximate surface area is 85.2 Å². The topological polar surface area (TPSA) is 41.5 Å². The molecule has 0 heterocycles. The van der Waals surface area contributed by atoms with Gasteiger partial charge in [0.1, 0.15) is 0 Å². The van der Waals surface area contributed by atoms with E-state index in [9.17, 15) is 0 Å². The normalized spacial score (nSPS) is 13.2. The van der Waals surface area contributed by atoms with Gasteiger partial charge in [0.05, 0.1) is 13.2 Å². The van der Waals surface area contributed by atoms with Crippen molar-refractivity contribution < 1.29 is 9.84 Å². The molecule has 0 aliphatic carbocycles. The third-order valence-corrected chi connectivity index (χ3v) is 2.75. The molecule has 0 amide bonds. The third-order valence-electron chi connectivity index (χ3n) is 1.65. The number of methoxy groups -OCH3 is 1. The van der Waals surface area contributed by atoms with E-state index in [2.05, 4.69) is 12.2 Å². The molecule has 0 saturated carbocycles. The Morgan fingerprint density at radius 2 is 2.31 bits per heavy atom. The molecule has 0 rings (SSSR count). The van der Waals surface area contributed by atoms with Crippen LogP contribution in [-0.2, 0) is 4.74 Å². The SMILES string of the molecule is CCCNC(CO)CSCCOC. The maximum atomic E-state index is 9.00. The number of nitrogens with one attached hydrogen (secondary N) is 1. The lowest BCUT2D eigenvalue weighted by Crippen LogP contribution is -2.35. The van der Waals surface area contributed by atoms with Crippen LogP contribution in [-0.4, -0.2) is 49.5 Å². The summed E-state index contributed by atoms with van der Waals surface area (Å²) in [5.74, 6) is 1.96. The van der Waals surface area contributed by atoms with Crippen molar-refractivity contribution in [2.24, 2.45) is 0 Å². The molecule has 0 aliphatic rings. The van der Waals surface area contributed by atoms with Gasteiger partial charge < -0.3 is 15.2 Å². The molecule has 1 unspecified atom stereocenters. The second-order valence-electron chi connectivity index (χ2n) is 2.90. The average Bonchev–Trinajstić information content (AvgIpc) is 2.17. The molecule has 0 saturated heterocycles. The summed E-state index contributed by atoms with van der Waals surface area (Å²) in [7, 11) is 1.71. The molecule has 0 aliphatic heterocycles. The Balaban J connectivity index is 3.25. The minimum atomic E-state index is 0.222. The summed E-state index contributed by atoms with van der Waals surface area (Å²) >= 11 is 1.81. The quantitative estimate of drug-likeness (QED) is 0.547. The Hall–Kier alpha value is 0.230. The molecule has 0 spiro atoms. The maximum Gasteiger partial charge on any atom is 0.0592 e. The summed E-state index contributed by atoms with van der Waals surface area (Å²) < 4.78 is 4.93. The number of rotatable bonds is 9. The molecular weight excluding hydrogens is 186 g/mol. The minimum Gasteiger partial charge on any atom is -0.395 e. The van der Waals surface area contributed by atoms with E-state index in [4.69, 9.17) is 9.84 Å². The van der Waals surface area contributed by atoms with Crippen LogP contribution >= 0.6 is 11.8 Å². The highest BCUT2D eigenvalue weighted by molar-refractivity contribution is 7.99. The number of hydrogen-bond acceptors (Lipinski definition) is 4. The summed E-state index contributed by atoms with van der Waals surface area (Å²) in [4.78, 5) is 0. The summed E-state index contributed by atoms with van der Waals surface area (Å²) in [5.41, 5.74) is 0. The minimum absolute atomic E-state index is 0.222. The highest BCUT2D eigenvalue weighted by Crippen LogP contribution is 2.02. The van der Waals surface area contributed by atoms with Crippen LogP contribution in [0.15, 0.2) is 0 Å². The summed E-state index contributed by atoms with van der Waals surface area (Å²) in [6.07, 6.45) is 1.11. The van der Waals surface area contributed by atoms with Crippen LogP contribution < -0.4 is 5.32 Å². The molecule has 13 heavy (non-hydrogen) atoms. The smallest absolute Gasteiger partial charge is 0.0592 e. The van der Waals surface area contributed by atoms with Crippen LogP contribution in [0.4, 0.5) is 0 Å². The average molecular weight is 207 g/mol. The van der Waals surface area contributed by atoms with Crippen LogP contribution in [0.3, 0.4) is 0 Å². The first-order valence-corrected chi connectivity index (χ1v) is 5.91. The van der Waals surface area contributed by atoms with Crippen molar-refractivity contribution in [3.05, 3.63) is 0 Å². The van der Waals surface area contributed by atoms with Gasteiger partial charge in [-0.3, -0.25) is 0 Å². The molecule has 1 atom stereocenters. The van der Waals surface area contributed by atoms with E-state index in [1.54, 1.807) is 7.11 Å². The maximum absolute atomic E-state index is 9.00. The number of aliphatic hydroxyl groups is 1. The van der Waals surface area contributed by atoms with Crippen molar-refractivity contribution in [3.8, 4) is 0 Å². The van der Waals surface area contributed by atoms with E-state index in [1.807, 2.05) is 11.8 Å². The second-order valence-corrected chi connectivity index (χ2v) is 4.05. The van der Waals surface area contributed by atoms with E-state index in [0.29, 0.717) is 0 Å². The van der Waals surface area contributed by atoms with E-state index < -0.39 is 0 Å². The van der Waals surface area contributed by atoms with Gasteiger partial charge >= 0.3 is 0 Å². The first kappa shape index (κ1) is 13.2. The number of hydrogen-bond donors (Lipinski definition) is 2. The molecular formula is C9H21NO2S. The first-order valence-electron chi connectivity index (χ1n) is 4.76. The van der Waals surface area contributed by atoms with Crippen LogP contribution in [0.2, 0.25) is 0 Å². The number of ether oxygens (including phenoxy) is 1. The van der Waals surface area contributed by atoms with Gasteiger partial charge in [-0.2, -0.15) is 11.8 Å². The zero-order valence-corrected chi connectivity index (χ0v) is 9.40. The van der Waals surface area contributed by atoms with Crippen molar-refractivity contribution in [1.29, 1.82) is 0 Å². The molecule has 0 bridgehead atoms. The summed E-state index contributed by atoms with van der Waals surface area (Å²) in [5, 5.41) is 12.3. The molecule has 2 N–H and O–H groups in total. The first-order chi connectivity index (χ1) is 6.35. The van der Waals surface area contributed by atoms with E-state index >= 15 is 0 Å². The van der Waals surface area contributed by atoms with Gasteiger partial charge in [-0.15, -0.1) is 0 Å². The standard InChI is InChI=1S/C9H21NO2S/c1-3-4-10-9(7-11)8-13-6-5-12-2/h9-11H,3-8H2,1-2H3. The van der Waals surface area contributed by atoms with Gasteiger partial charge in [0, 0.05) is 24.7 Å². The molecule has 4 heteroatoms. The van der Waals surface area contributed by atoms with Crippen molar-refractivity contribution >= 4 is 11.8 Å². The van der Waals surface area contributed by atoms with Gasteiger partial charge in [-0.25, -0.2) is 0 Å². The molecule has 0 aromatic rings. The molecule has 3 nitrogen and oxygen atoms in total. The second kappa shape index (κ2) is 10.3. The third kappa shape index (κ3) is 8.56. The fourth-order valence-corrected chi connectivity index (χ4v) is 1.85. The molecule has 0 aromatic heterocycles. The molecule has 0 radical (unpaired) electrons. The zero-order chi connectivity index (χ0) is 9.94. The van der Waals surface area contributed by atoms with Crippen LogP contribution in [0.1, 0.15) is 13.3 Å². The van der Waals surface area contributed by atoms with Crippen molar-refractivity contribution in [3.63, 3.8) is 0 Å². The Bertz CT molecular complexity index is 104. The van der Waals surface area contributed by atoms with Crippen LogP contribution in [0, 0.1) is 0 Å². The van der Waals surface area contributed by atoms with Gasteiger partial charge in [0.2, 0.25) is 0 Å². The predicted octanol–water partition coefficient (Wildman–Crippen LogP) is 0.727. The predicted molar refractivity (Wildman–Crippen MR) is 58.4 cm³/mol. The summed E-state index contributed by atoms with van der Waals surface area (Å²) in [6, 6.07) is 0.238. The molecule has 80 valence electrons. The fraction of sp³-hybridized carbons (Fsp3) is 1.00. The van der Waals surface area contributed by atoms with Gasteiger partial charge in [0.15, 0.2) is 0 Å². The van der Waals surface area contributed by atoms with Gasteiger partial charge in [0.25, 0.3) is 0 Å².